The predicted molar refractivity (Wildman–Crippen MR) is 86.4 cm³/mol. The summed E-state index contributed by atoms with van der Waals surface area (Å²) in [4.78, 5) is 12.9. The van der Waals surface area contributed by atoms with Crippen LogP contribution >= 0.6 is 0 Å². The topological polar surface area (TPSA) is 17.1 Å². The minimum Gasteiger partial charge on any atom is -0.289 e. The standard InChI is InChI=1S/C20H14O/c1-13-11-17-16-10-6-5-9-15(16)12-18(17)20(21)19(13)14-7-3-2-4-8-14/h2-12H,1H3. The minimum absolute atomic E-state index is 0.132. The minimum atomic E-state index is 0.132. The zero-order valence-corrected chi connectivity index (χ0v) is 11.8. The second-order valence-electron chi connectivity index (χ2n) is 5.46. The average Bonchev–Trinajstić information content (AvgIpc) is 2.88. The van der Waals surface area contributed by atoms with Crippen molar-refractivity contribution in [3.8, 4) is 0 Å². The fraction of sp³-hybridized carbons (Fsp3) is 0.0500. The number of rotatable bonds is 1. The molecule has 0 radical (unpaired) electrons. The molecule has 0 heterocycles. The molecule has 2 aromatic carbocycles. The molecule has 0 aliphatic heterocycles. The number of carbonyl (C=O) groups excluding carboxylic acids is 1. The van der Waals surface area contributed by atoms with Crippen LogP contribution in [0.1, 0.15) is 23.6 Å². The van der Waals surface area contributed by atoms with Crippen molar-refractivity contribution in [3.63, 3.8) is 0 Å². The third kappa shape index (κ3) is 1.74. The molecular weight excluding hydrogens is 256 g/mol. The zero-order chi connectivity index (χ0) is 14.4. The second-order valence-corrected chi connectivity index (χ2v) is 5.46. The first-order chi connectivity index (χ1) is 10.3. The van der Waals surface area contributed by atoms with Crippen LogP contribution in [-0.2, 0) is 4.79 Å². The third-order valence-electron chi connectivity index (χ3n) is 4.13. The first kappa shape index (κ1) is 12.1. The van der Waals surface area contributed by atoms with E-state index in [-0.39, 0.29) is 5.78 Å². The summed E-state index contributed by atoms with van der Waals surface area (Å²) < 4.78 is 0. The van der Waals surface area contributed by atoms with E-state index in [1.807, 2.05) is 55.5 Å². The molecule has 0 N–H and O–H groups in total. The largest absolute Gasteiger partial charge is 0.289 e. The van der Waals surface area contributed by atoms with Crippen molar-refractivity contribution in [1.29, 1.82) is 0 Å². The van der Waals surface area contributed by atoms with Crippen LogP contribution in [0.3, 0.4) is 0 Å². The maximum atomic E-state index is 12.9. The number of allylic oxidation sites excluding steroid dienone is 5. The summed E-state index contributed by atoms with van der Waals surface area (Å²) in [5.41, 5.74) is 7.02. The molecule has 1 nitrogen and oxygen atoms in total. The quantitative estimate of drug-likeness (QED) is 0.744. The van der Waals surface area contributed by atoms with Crippen LogP contribution in [-0.4, -0.2) is 5.78 Å². The number of benzene rings is 2. The van der Waals surface area contributed by atoms with Crippen molar-refractivity contribution in [2.45, 2.75) is 6.92 Å². The van der Waals surface area contributed by atoms with Gasteiger partial charge in [-0.3, -0.25) is 4.79 Å². The summed E-state index contributed by atoms with van der Waals surface area (Å²) in [5, 5.41) is 0. The number of carbonyl (C=O) groups is 1. The maximum Gasteiger partial charge on any atom is 0.194 e. The van der Waals surface area contributed by atoms with Gasteiger partial charge in [-0.2, -0.15) is 0 Å². The highest BCUT2D eigenvalue weighted by Crippen LogP contribution is 2.42. The number of hydrogen-bond donors (Lipinski definition) is 0. The SMILES string of the molecule is CC1=C(c2ccccc2)C(=O)C2=Cc3ccccc3C2=C1. The molecule has 2 aromatic rings. The first-order valence-corrected chi connectivity index (χ1v) is 7.10. The lowest BCUT2D eigenvalue weighted by Crippen LogP contribution is -2.11. The first-order valence-electron chi connectivity index (χ1n) is 7.10. The van der Waals surface area contributed by atoms with E-state index in [0.29, 0.717) is 0 Å². The summed E-state index contributed by atoms with van der Waals surface area (Å²) in [5.74, 6) is 0.132. The van der Waals surface area contributed by atoms with Gasteiger partial charge in [0.2, 0.25) is 0 Å². The predicted octanol–water partition coefficient (Wildman–Crippen LogP) is 4.52. The Morgan fingerprint density at radius 1 is 0.762 bits per heavy atom. The van der Waals surface area contributed by atoms with Crippen LogP contribution in [0, 0.1) is 0 Å². The van der Waals surface area contributed by atoms with Crippen LogP contribution in [0.25, 0.3) is 17.2 Å². The number of ketones is 1. The second kappa shape index (κ2) is 4.42. The van der Waals surface area contributed by atoms with E-state index in [1.54, 1.807) is 0 Å². The van der Waals surface area contributed by atoms with Crippen molar-refractivity contribution < 1.29 is 4.79 Å². The molecule has 100 valence electrons. The van der Waals surface area contributed by atoms with Crippen LogP contribution in [0.2, 0.25) is 0 Å². The molecule has 21 heavy (non-hydrogen) atoms. The molecule has 0 bridgehead atoms. The van der Waals surface area contributed by atoms with Crippen LogP contribution in [0.15, 0.2) is 71.8 Å². The van der Waals surface area contributed by atoms with Crippen LogP contribution in [0.4, 0.5) is 0 Å². The monoisotopic (exact) mass is 270 g/mol. The van der Waals surface area contributed by atoms with Gasteiger partial charge >= 0.3 is 0 Å². The molecule has 0 unspecified atom stereocenters. The number of fused-ring (bicyclic) bond motifs is 3. The van der Waals surface area contributed by atoms with Gasteiger partial charge < -0.3 is 0 Å². The summed E-state index contributed by atoms with van der Waals surface area (Å²) >= 11 is 0. The Kier molecular flexibility index (Phi) is 2.55. The molecule has 4 rings (SSSR count). The Morgan fingerprint density at radius 3 is 2.29 bits per heavy atom. The summed E-state index contributed by atoms with van der Waals surface area (Å²) in [6.07, 6.45) is 4.15. The highest BCUT2D eigenvalue weighted by Gasteiger charge is 2.30. The van der Waals surface area contributed by atoms with E-state index < -0.39 is 0 Å². The van der Waals surface area contributed by atoms with Gasteiger partial charge in [0.15, 0.2) is 5.78 Å². The summed E-state index contributed by atoms with van der Waals surface area (Å²) in [7, 11) is 0. The van der Waals surface area contributed by atoms with Gasteiger partial charge in [0, 0.05) is 11.1 Å². The number of Topliss-reactive ketones (excluding diaryl/α,β-unsaturated/α-hetero) is 1. The van der Waals surface area contributed by atoms with Crippen molar-refractivity contribution in [1.82, 2.24) is 0 Å². The average molecular weight is 270 g/mol. The Labute approximate surface area is 123 Å². The Balaban J connectivity index is 1.92. The molecule has 0 amide bonds. The smallest absolute Gasteiger partial charge is 0.194 e. The Hall–Kier alpha value is -2.67. The van der Waals surface area contributed by atoms with E-state index in [9.17, 15) is 4.79 Å². The van der Waals surface area contributed by atoms with E-state index in [2.05, 4.69) is 18.2 Å². The lowest BCUT2D eigenvalue weighted by Gasteiger charge is -2.18. The molecule has 0 saturated carbocycles. The molecule has 0 aromatic heterocycles. The Morgan fingerprint density at radius 2 is 1.48 bits per heavy atom. The molecular formula is C20H14O. The molecule has 2 aliphatic carbocycles. The van der Waals surface area contributed by atoms with Crippen LogP contribution in [0.5, 0.6) is 0 Å². The summed E-state index contributed by atoms with van der Waals surface area (Å²) in [6.45, 7) is 2.02. The molecule has 0 fully saturated rings. The van der Waals surface area contributed by atoms with Crippen LogP contribution < -0.4 is 0 Å². The lowest BCUT2D eigenvalue weighted by molar-refractivity contribution is -0.110. The normalized spacial score (nSPS) is 16.3. The molecule has 2 aliphatic rings. The van der Waals surface area contributed by atoms with Gasteiger partial charge in [-0.1, -0.05) is 54.6 Å². The fourth-order valence-corrected chi connectivity index (χ4v) is 3.16. The van der Waals surface area contributed by atoms with Gasteiger partial charge in [0.25, 0.3) is 0 Å². The van der Waals surface area contributed by atoms with Crippen molar-refractivity contribution >= 4 is 23.0 Å². The summed E-state index contributed by atoms with van der Waals surface area (Å²) in [6, 6.07) is 18.1. The van der Waals surface area contributed by atoms with Gasteiger partial charge in [-0.25, -0.2) is 0 Å². The number of hydrogen-bond acceptors (Lipinski definition) is 1. The van der Waals surface area contributed by atoms with Crippen molar-refractivity contribution in [2.24, 2.45) is 0 Å². The molecule has 0 saturated heterocycles. The van der Waals surface area contributed by atoms with E-state index >= 15 is 0 Å². The van der Waals surface area contributed by atoms with Gasteiger partial charge in [-0.05, 0) is 46.9 Å². The van der Waals surface area contributed by atoms with Crippen molar-refractivity contribution in [3.05, 3.63) is 88.5 Å². The molecule has 0 spiro atoms. The van der Waals surface area contributed by atoms with E-state index in [1.165, 1.54) is 0 Å². The highest BCUT2D eigenvalue weighted by molar-refractivity contribution is 6.39. The lowest BCUT2D eigenvalue weighted by atomic mass is 9.84. The Bertz CT molecular complexity index is 848. The van der Waals surface area contributed by atoms with Gasteiger partial charge in [0.05, 0.1) is 0 Å². The van der Waals surface area contributed by atoms with E-state index in [4.69, 9.17) is 0 Å². The van der Waals surface area contributed by atoms with Crippen molar-refractivity contribution in [2.75, 3.05) is 0 Å². The zero-order valence-electron chi connectivity index (χ0n) is 11.8. The molecule has 1 heteroatoms. The fourth-order valence-electron chi connectivity index (χ4n) is 3.16. The highest BCUT2D eigenvalue weighted by atomic mass is 16.1. The molecule has 0 atom stereocenters. The van der Waals surface area contributed by atoms with Gasteiger partial charge in [-0.15, -0.1) is 0 Å². The third-order valence-corrected chi connectivity index (χ3v) is 4.13. The maximum absolute atomic E-state index is 12.9. The van der Waals surface area contributed by atoms with Gasteiger partial charge in [0.1, 0.15) is 0 Å². The van der Waals surface area contributed by atoms with E-state index in [0.717, 1.165) is 39.0 Å².